The average molecular weight is 229 g/mol. The number of halogens is 1. The maximum Gasteiger partial charge on any atom is 0.233 e. The zero-order valence-electron chi connectivity index (χ0n) is 8.11. The number of hydrogen-bond donors (Lipinski definition) is 3. The lowest BCUT2D eigenvalue weighted by Crippen LogP contribution is -2.33. The topological polar surface area (TPSA) is 75.4 Å². The molecular weight excluding hydrogens is 216 g/mol. The van der Waals surface area contributed by atoms with Crippen LogP contribution in [-0.4, -0.2) is 24.1 Å². The van der Waals surface area contributed by atoms with Crippen LogP contribution in [0.15, 0.2) is 24.3 Å². The number of benzene rings is 1. The smallest absolute Gasteiger partial charge is 0.233 e. The highest BCUT2D eigenvalue weighted by atomic mass is 35.5. The maximum atomic E-state index is 10.8. The molecule has 0 fully saturated rings. The summed E-state index contributed by atoms with van der Waals surface area (Å²) in [4.78, 5) is 10.8. The molecule has 1 atom stereocenters. The van der Waals surface area contributed by atoms with Gasteiger partial charge >= 0.3 is 0 Å². The first-order valence-electron chi connectivity index (χ1n) is 4.53. The summed E-state index contributed by atoms with van der Waals surface area (Å²) in [6, 6.07) is 6.86. The highest BCUT2D eigenvalue weighted by molar-refractivity contribution is 6.30. The minimum atomic E-state index is -0.765. The van der Waals surface area contributed by atoms with E-state index in [2.05, 4.69) is 5.32 Å². The average Bonchev–Trinajstić information content (AvgIpc) is 2.25. The molecule has 0 saturated carbocycles. The van der Waals surface area contributed by atoms with Crippen LogP contribution in [0.3, 0.4) is 0 Å². The van der Waals surface area contributed by atoms with Crippen LogP contribution in [0, 0.1) is 0 Å². The second kappa shape index (κ2) is 5.70. The van der Waals surface area contributed by atoms with Gasteiger partial charge in [-0.15, -0.1) is 0 Å². The predicted octanol–water partition coefficient (Wildman–Crippen LogP) is 0.448. The van der Waals surface area contributed by atoms with Crippen LogP contribution in [0.1, 0.15) is 11.7 Å². The third-order valence-electron chi connectivity index (χ3n) is 1.91. The third-order valence-corrected chi connectivity index (χ3v) is 2.15. The number of nitrogens with one attached hydrogen (secondary N) is 1. The van der Waals surface area contributed by atoms with Crippen molar-refractivity contribution in [3.8, 4) is 0 Å². The molecule has 5 heteroatoms. The van der Waals surface area contributed by atoms with Gasteiger partial charge in [0, 0.05) is 11.6 Å². The Bertz CT molecular complexity index is 344. The molecule has 0 aliphatic carbocycles. The number of aliphatic hydroxyl groups is 1. The minimum Gasteiger partial charge on any atom is -0.387 e. The van der Waals surface area contributed by atoms with Gasteiger partial charge in [0.25, 0.3) is 0 Å². The first-order chi connectivity index (χ1) is 7.13. The van der Waals surface area contributed by atoms with Gasteiger partial charge in [0.15, 0.2) is 0 Å². The van der Waals surface area contributed by atoms with Crippen LogP contribution < -0.4 is 11.1 Å². The number of amides is 1. The van der Waals surface area contributed by atoms with Gasteiger partial charge in [0.2, 0.25) is 5.91 Å². The standard InChI is InChI=1S/C10H13ClN2O2/c11-8-3-1-2-7(4-8)9(14)6-13-10(15)5-12/h1-4,9,14H,5-6,12H2,(H,13,15). The van der Waals surface area contributed by atoms with Gasteiger partial charge in [-0.05, 0) is 17.7 Å². The van der Waals surface area contributed by atoms with Crippen LogP contribution in [-0.2, 0) is 4.79 Å². The van der Waals surface area contributed by atoms with Gasteiger partial charge in [-0.3, -0.25) is 4.79 Å². The Balaban J connectivity index is 2.53. The van der Waals surface area contributed by atoms with Gasteiger partial charge in [-0.25, -0.2) is 0 Å². The summed E-state index contributed by atoms with van der Waals surface area (Å²) in [6.45, 7) is 0.0542. The molecule has 0 heterocycles. The van der Waals surface area contributed by atoms with Gasteiger partial charge in [0.05, 0.1) is 12.6 Å². The molecule has 1 rings (SSSR count). The van der Waals surface area contributed by atoms with E-state index < -0.39 is 6.10 Å². The minimum absolute atomic E-state index is 0.0811. The number of rotatable bonds is 4. The van der Waals surface area contributed by atoms with E-state index in [4.69, 9.17) is 17.3 Å². The number of carbonyl (C=O) groups is 1. The lowest BCUT2D eigenvalue weighted by atomic mass is 10.1. The van der Waals surface area contributed by atoms with E-state index in [0.29, 0.717) is 10.6 Å². The molecule has 1 amide bonds. The van der Waals surface area contributed by atoms with E-state index in [1.54, 1.807) is 24.3 Å². The molecule has 15 heavy (non-hydrogen) atoms. The summed E-state index contributed by atoms with van der Waals surface area (Å²) < 4.78 is 0. The molecule has 82 valence electrons. The molecule has 1 aromatic rings. The highest BCUT2D eigenvalue weighted by Crippen LogP contribution is 2.16. The summed E-state index contributed by atoms with van der Waals surface area (Å²) >= 11 is 5.76. The molecule has 0 saturated heterocycles. The van der Waals surface area contributed by atoms with Crippen molar-refractivity contribution >= 4 is 17.5 Å². The normalized spacial score (nSPS) is 12.2. The lowest BCUT2D eigenvalue weighted by molar-refractivity contribution is -0.120. The Morgan fingerprint density at radius 2 is 2.33 bits per heavy atom. The Labute approximate surface area is 93.0 Å². The van der Waals surface area contributed by atoms with Gasteiger partial charge in [-0.1, -0.05) is 23.7 Å². The first kappa shape index (κ1) is 12.0. The van der Waals surface area contributed by atoms with E-state index in [1.165, 1.54) is 0 Å². The molecule has 0 radical (unpaired) electrons. The molecule has 0 aliphatic rings. The molecular formula is C10H13ClN2O2. The van der Waals surface area contributed by atoms with Crippen LogP contribution in [0.2, 0.25) is 5.02 Å². The van der Waals surface area contributed by atoms with E-state index >= 15 is 0 Å². The van der Waals surface area contributed by atoms with Gasteiger partial charge in [-0.2, -0.15) is 0 Å². The fourth-order valence-electron chi connectivity index (χ4n) is 1.11. The van der Waals surface area contributed by atoms with Crippen molar-refractivity contribution in [3.05, 3.63) is 34.9 Å². The van der Waals surface area contributed by atoms with Crippen LogP contribution in [0.4, 0.5) is 0 Å². The quantitative estimate of drug-likeness (QED) is 0.701. The lowest BCUT2D eigenvalue weighted by Gasteiger charge is -2.11. The largest absolute Gasteiger partial charge is 0.387 e. The zero-order chi connectivity index (χ0) is 11.3. The van der Waals surface area contributed by atoms with E-state index in [1.807, 2.05) is 0 Å². The summed E-state index contributed by atoms with van der Waals surface area (Å²) in [5, 5.41) is 12.7. The van der Waals surface area contributed by atoms with Crippen LogP contribution in [0.5, 0.6) is 0 Å². The summed E-state index contributed by atoms with van der Waals surface area (Å²) in [5.74, 6) is -0.295. The first-order valence-corrected chi connectivity index (χ1v) is 4.91. The zero-order valence-corrected chi connectivity index (χ0v) is 8.87. The molecule has 4 nitrogen and oxygen atoms in total. The van der Waals surface area contributed by atoms with Crippen LogP contribution in [0.25, 0.3) is 0 Å². The van der Waals surface area contributed by atoms with Crippen molar-refractivity contribution in [2.75, 3.05) is 13.1 Å². The van der Waals surface area contributed by atoms with E-state index in [9.17, 15) is 9.90 Å². The summed E-state index contributed by atoms with van der Waals surface area (Å²) in [7, 11) is 0. The van der Waals surface area contributed by atoms with Crippen molar-refractivity contribution in [1.82, 2.24) is 5.32 Å². The molecule has 1 aromatic carbocycles. The third kappa shape index (κ3) is 3.87. The monoisotopic (exact) mass is 228 g/mol. The summed E-state index contributed by atoms with van der Waals surface area (Å²) in [5.41, 5.74) is 5.77. The maximum absolute atomic E-state index is 10.8. The van der Waals surface area contributed by atoms with E-state index in [-0.39, 0.29) is 19.0 Å². The summed E-state index contributed by atoms with van der Waals surface area (Å²) in [6.07, 6.45) is -0.765. The van der Waals surface area contributed by atoms with Gasteiger partial charge in [0.1, 0.15) is 0 Å². The SMILES string of the molecule is NCC(=O)NCC(O)c1cccc(Cl)c1. The highest BCUT2D eigenvalue weighted by Gasteiger charge is 2.08. The second-order valence-electron chi connectivity index (χ2n) is 3.08. The Kier molecular flexibility index (Phi) is 4.55. The molecule has 0 aromatic heterocycles. The number of aliphatic hydroxyl groups excluding tert-OH is 1. The fourth-order valence-corrected chi connectivity index (χ4v) is 1.31. The van der Waals surface area contributed by atoms with Crippen LogP contribution >= 0.6 is 11.6 Å². The Morgan fingerprint density at radius 1 is 1.60 bits per heavy atom. The van der Waals surface area contributed by atoms with E-state index in [0.717, 1.165) is 0 Å². The predicted molar refractivity (Wildman–Crippen MR) is 58.5 cm³/mol. The van der Waals surface area contributed by atoms with Gasteiger partial charge < -0.3 is 16.2 Å². The molecule has 0 spiro atoms. The molecule has 4 N–H and O–H groups in total. The molecule has 0 bridgehead atoms. The fraction of sp³-hybridized carbons (Fsp3) is 0.300. The molecule has 1 unspecified atom stereocenters. The number of nitrogens with two attached hydrogens (primary N) is 1. The number of hydrogen-bond acceptors (Lipinski definition) is 3. The Hall–Kier alpha value is -1.10. The van der Waals surface area contributed by atoms with Crippen molar-refractivity contribution < 1.29 is 9.90 Å². The van der Waals surface area contributed by atoms with Crippen molar-refractivity contribution in [1.29, 1.82) is 0 Å². The van der Waals surface area contributed by atoms with Crippen molar-refractivity contribution in [2.45, 2.75) is 6.10 Å². The van der Waals surface area contributed by atoms with Crippen molar-refractivity contribution in [3.63, 3.8) is 0 Å². The Morgan fingerprint density at radius 3 is 2.93 bits per heavy atom. The second-order valence-corrected chi connectivity index (χ2v) is 3.52. The van der Waals surface area contributed by atoms with Crippen molar-refractivity contribution in [2.24, 2.45) is 5.73 Å². The molecule has 0 aliphatic heterocycles. The number of carbonyl (C=O) groups excluding carboxylic acids is 1.